The Morgan fingerprint density at radius 2 is 2.19 bits per heavy atom. The van der Waals surface area contributed by atoms with E-state index in [0.717, 1.165) is 12.1 Å². The number of nitrogens with one attached hydrogen (secondary N) is 1. The lowest BCUT2D eigenvalue weighted by Gasteiger charge is -2.13. The molecule has 0 radical (unpaired) electrons. The van der Waals surface area contributed by atoms with Crippen LogP contribution in [0.15, 0.2) is 18.2 Å². The predicted octanol–water partition coefficient (Wildman–Crippen LogP) is 2.47. The van der Waals surface area contributed by atoms with Gasteiger partial charge in [-0.2, -0.15) is 0 Å². The SMILES string of the molecule is CNCc1ccc(OCC(C)OC)c(Cl)c1. The number of halogens is 1. The average Bonchev–Trinajstić information content (AvgIpc) is 2.28. The van der Waals surface area contributed by atoms with Crippen molar-refractivity contribution >= 4 is 11.6 Å². The van der Waals surface area contributed by atoms with Crippen molar-refractivity contribution in [2.45, 2.75) is 19.6 Å². The normalized spacial score (nSPS) is 12.5. The fourth-order valence-electron chi connectivity index (χ4n) is 1.25. The Balaban J connectivity index is 2.60. The van der Waals surface area contributed by atoms with Gasteiger partial charge in [-0.15, -0.1) is 0 Å². The molecule has 0 saturated carbocycles. The molecule has 1 aromatic rings. The van der Waals surface area contributed by atoms with Crippen LogP contribution in [0.3, 0.4) is 0 Å². The zero-order chi connectivity index (χ0) is 12.0. The third-order valence-electron chi connectivity index (χ3n) is 2.25. The molecule has 0 aliphatic carbocycles. The van der Waals surface area contributed by atoms with Gasteiger partial charge in [-0.05, 0) is 31.7 Å². The van der Waals surface area contributed by atoms with Crippen LogP contribution in [0.5, 0.6) is 5.75 Å². The first-order valence-corrected chi connectivity index (χ1v) is 5.63. The molecule has 0 saturated heterocycles. The Hall–Kier alpha value is -0.770. The monoisotopic (exact) mass is 243 g/mol. The molecule has 0 heterocycles. The quantitative estimate of drug-likeness (QED) is 0.833. The summed E-state index contributed by atoms with van der Waals surface area (Å²) < 4.78 is 10.6. The second-order valence-electron chi connectivity index (χ2n) is 3.65. The highest BCUT2D eigenvalue weighted by molar-refractivity contribution is 6.32. The summed E-state index contributed by atoms with van der Waals surface area (Å²) in [7, 11) is 3.56. The first-order chi connectivity index (χ1) is 7.67. The number of rotatable bonds is 6. The fraction of sp³-hybridized carbons (Fsp3) is 0.500. The van der Waals surface area contributed by atoms with Gasteiger partial charge in [0.2, 0.25) is 0 Å². The van der Waals surface area contributed by atoms with E-state index in [1.54, 1.807) is 7.11 Å². The van der Waals surface area contributed by atoms with Crippen LogP contribution in [0.2, 0.25) is 5.02 Å². The molecule has 0 aliphatic rings. The molecular formula is C12H18ClNO2. The van der Waals surface area contributed by atoms with E-state index < -0.39 is 0 Å². The van der Waals surface area contributed by atoms with E-state index in [1.165, 1.54) is 0 Å². The minimum atomic E-state index is 0.0630. The number of hydrogen-bond donors (Lipinski definition) is 1. The van der Waals surface area contributed by atoms with Crippen molar-refractivity contribution in [3.05, 3.63) is 28.8 Å². The second-order valence-corrected chi connectivity index (χ2v) is 4.06. The molecule has 0 fully saturated rings. The summed E-state index contributed by atoms with van der Waals surface area (Å²) in [5.41, 5.74) is 1.14. The summed E-state index contributed by atoms with van der Waals surface area (Å²) in [4.78, 5) is 0. The minimum absolute atomic E-state index is 0.0630. The third kappa shape index (κ3) is 4.00. The Morgan fingerprint density at radius 3 is 2.75 bits per heavy atom. The van der Waals surface area contributed by atoms with E-state index in [1.807, 2.05) is 32.2 Å². The summed E-state index contributed by atoms with van der Waals surface area (Å²) >= 11 is 6.10. The van der Waals surface area contributed by atoms with Gasteiger partial charge in [0.05, 0.1) is 11.1 Å². The molecule has 90 valence electrons. The van der Waals surface area contributed by atoms with Gasteiger partial charge >= 0.3 is 0 Å². The van der Waals surface area contributed by atoms with Gasteiger partial charge in [-0.1, -0.05) is 17.7 Å². The summed E-state index contributed by atoms with van der Waals surface area (Å²) in [6.07, 6.45) is 0.0630. The molecular weight excluding hydrogens is 226 g/mol. The van der Waals surface area contributed by atoms with Gasteiger partial charge < -0.3 is 14.8 Å². The van der Waals surface area contributed by atoms with Crippen LogP contribution in [0, 0.1) is 0 Å². The maximum Gasteiger partial charge on any atom is 0.138 e. The molecule has 0 spiro atoms. The van der Waals surface area contributed by atoms with Crippen LogP contribution >= 0.6 is 11.6 Å². The smallest absolute Gasteiger partial charge is 0.138 e. The minimum Gasteiger partial charge on any atom is -0.489 e. The highest BCUT2D eigenvalue weighted by atomic mass is 35.5. The van der Waals surface area contributed by atoms with Crippen molar-refractivity contribution in [1.82, 2.24) is 5.32 Å². The van der Waals surface area contributed by atoms with Crippen LogP contribution in [0.4, 0.5) is 0 Å². The molecule has 1 N–H and O–H groups in total. The van der Waals surface area contributed by atoms with Crippen molar-refractivity contribution < 1.29 is 9.47 Å². The van der Waals surface area contributed by atoms with E-state index in [4.69, 9.17) is 21.1 Å². The molecule has 4 heteroatoms. The largest absolute Gasteiger partial charge is 0.489 e. The highest BCUT2D eigenvalue weighted by Crippen LogP contribution is 2.25. The Bertz CT molecular complexity index is 331. The van der Waals surface area contributed by atoms with Crippen molar-refractivity contribution in [2.75, 3.05) is 20.8 Å². The number of ether oxygens (including phenoxy) is 2. The molecule has 0 aliphatic heterocycles. The summed E-state index contributed by atoms with van der Waals surface area (Å²) in [5.74, 6) is 0.699. The average molecular weight is 244 g/mol. The fourth-order valence-corrected chi connectivity index (χ4v) is 1.51. The van der Waals surface area contributed by atoms with E-state index in [2.05, 4.69) is 5.32 Å². The Labute approximate surface area is 102 Å². The lowest BCUT2D eigenvalue weighted by Crippen LogP contribution is -2.16. The molecule has 16 heavy (non-hydrogen) atoms. The number of benzene rings is 1. The van der Waals surface area contributed by atoms with Crippen LogP contribution in [-0.2, 0) is 11.3 Å². The van der Waals surface area contributed by atoms with E-state index in [9.17, 15) is 0 Å². The van der Waals surface area contributed by atoms with E-state index in [0.29, 0.717) is 17.4 Å². The van der Waals surface area contributed by atoms with Crippen LogP contribution < -0.4 is 10.1 Å². The van der Waals surface area contributed by atoms with Crippen LogP contribution in [-0.4, -0.2) is 26.9 Å². The molecule has 1 rings (SSSR count). The van der Waals surface area contributed by atoms with Crippen molar-refractivity contribution in [3.8, 4) is 5.75 Å². The topological polar surface area (TPSA) is 30.5 Å². The molecule has 1 aromatic carbocycles. The van der Waals surface area contributed by atoms with Gasteiger partial charge in [0.15, 0.2) is 0 Å². The molecule has 1 atom stereocenters. The standard InChI is InChI=1S/C12H18ClNO2/c1-9(15-3)8-16-12-5-4-10(7-14-2)6-11(12)13/h4-6,9,14H,7-8H2,1-3H3. The van der Waals surface area contributed by atoms with Gasteiger partial charge in [-0.25, -0.2) is 0 Å². The van der Waals surface area contributed by atoms with E-state index >= 15 is 0 Å². The molecule has 3 nitrogen and oxygen atoms in total. The zero-order valence-electron chi connectivity index (χ0n) is 9.92. The van der Waals surface area contributed by atoms with Gasteiger partial charge in [0.25, 0.3) is 0 Å². The lowest BCUT2D eigenvalue weighted by atomic mass is 10.2. The summed E-state index contributed by atoms with van der Waals surface area (Å²) in [5, 5.41) is 3.71. The third-order valence-corrected chi connectivity index (χ3v) is 2.55. The zero-order valence-corrected chi connectivity index (χ0v) is 10.7. The van der Waals surface area contributed by atoms with Crippen molar-refractivity contribution in [2.24, 2.45) is 0 Å². The molecule has 0 amide bonds. The maximum atomic E-state index is 6.10. The Morgan fingerprint density at radius 1 is 1.44 bits per heavy atom. The van der Waals surface area contributed by atoms with Gasteiger partial charge in [-0.3, -0.25) is 0 Å². The Kier molecular flexibility index (Phi) is 5.60. The van der Waals surface area contributed by atoms with E-state index in [-0.39, 0.29) is 6.10 Å². The highest BCUT2D eigenvalue weighted by Gasteiger charge is 2.05. The predicted molar refractivity (Wildman–Crippen MR) is 66.2 cm³/mol. The molecule has 0 aromatic heterocycles. The molecule has 0 bridgehead atoms. The van der Waals surface area contributed by atoms with Gasteiger partial charge in [0, 0.05) is 13.7 Å². The summed E-state index contributed by atoms with van der Waals surface area (Å²) in [6, 6.07) is 5.79. The van der Waals surface area contributed by atoms with Crippen molar-refractivity contribution in [3.63, 3.8) is 0 Å². The molecule has 1 unspecified atom stereocenters. The maximum absolute atomic E-state index is 6.10. The first kappa shape index (κ1) is 13.3. The van der Waals surface area contributed by atoms with Gasteiger partial charge in [0.1, 0.15) is 12.4 Å². The lowest BCUT2D eigenvalue weighted by molar-refractivity contribution is 0.0717. The van der Waals surface area contributed by atoms with Crippen molar-refractivity contribution in [1.29, 1.82) is 0 Å². The first-order valence-electron chi connectivity index (χ1n) is 5.26. The number of hydrogen-bond acceptors (Lipinski definition) is 3. The number of methoxy groups -OCH3 is 1. The van der Waals surface area contributed by atoms with Crippen LogP contribution in [0.1, 0.15) is 12.5 Å². The second kappa shape index (κ2) is 6.74. The van der Waals surface area contributed by atoms with Crippen LogP contribution in [0.25, 0.3) is 0 Å². The summed E-state index contributed by atoms with van der Waals surface area (Å²) in [6.45, 7) is 3.25.